The van der Waals surface area contributed by atoms with E-state index in [9.17, 15) is 0 Å². The number of rotatable bonds is 3. The number of hydrogen-bond acceptors (Lipinski definition) is 0. The fraction of sp³-hybridized carbons (Fsp3) is 0.391. The minimum atomic E-state index is 1.21. The summed E-state index contributed by atoms with van der Waals surface area (Å²) in [5, 5.41) is 0. The summed E-state index contributed by atoms with van der Waals surface area (Å²) in [4.78, 5) is 0. The zero-order chi connectivity index (χ0) is 17.8. The van der Waals surface area contributed by atoms with E-state index >= 15 is 0 Å². The first kappa shape index (κ1) is 23.4. The van der Waals surface area contributed by atoms with Gasteiger partial charge in [0.05, 0.1) is 0 Å². The Morgan fingerprint density at radius 2 is 1.17 bits per heavy atom. The van der Waals surface area contributed by atoms with Crippen molar-refractivity contribution in [3.63, 3.8) is 0 Å². The fourth-order valence-electron chi connectivity index (χ4n) is 1.69. The van der Waals surface area contributed by atoms with Crippen LogP contribution in [0.25, 0.3) is 6.08 Å². The Hall–Kier alpha value is -1.82. The SMILES string of the molecule is C/C=C/c1ccccc1.CC.CCC.CCCc1ccccc1. The molecule has 128 valence electrons. The first-order chi connectivity index (χ1) is 11.3. The minimum absolute atomic E-state index is 1.21. The molecule has 0 aliphatic rings. The molecule has 0 aliphatic heterocycles. The van der Waals surface area contributed by atoms with Crippen LogP contribution in [0.1, 0.15) is 65.5 Å². The number of allylic oxidation sites excluding steroid dienone is 1. The molecule has 2 rings (SSSR count). The molecule has 0 fully saturated rings. The normalized spacial score (nSPS) is 8.78. The zero-order valence-corrected chi connectivity index (χ0v) is 16.0. The van der Waals surface area contributed by atoms with E-state index in [1.165, 1.54) is 30.4 Å². The van der Waals surface area contributed by atoms with Gasteiger partial charge in [-0.05, 0) is 24.5 Å². The molecule has 0 unspecified atom stereocenters. The van der Waals surface area contributed by atoms with Gasteiger partial charge in [0.15, 0.2) is 0 Å². The van der Waals surface area contributed by atoms with Crippen LogP contribution in [0.2, 0.25) is 0 Å². The van der Waals surface area contributed by atoms with Gasteiger partial charge in [0, 0.05) is 0 Å². The van der Waals surface area contributed by atoms with Gasteiger partial charge in [0.1, 0.15) is 0 Å². The lowest BCUT2D eigenvalue weighted by Gasteiger charge is -1.93. The molecule has 0 spiro atoms. The third kappa shape index (κ3) is 16.4. The largest absolute Gasteiger partial charge is 0.0871 e. The smallest absolute Gasteiger partial charge is 0.0260 e. The van der Waals surface area contributed by atoms with Gasteiger partial charge in [-0.15, -0.1) is 0 Å². The molecule has 0 saturated carbocycles. The van der Waals surface area contributed by atoms with E-state index < -0.39 is 0 Å². The molecule has 0 aromatic heterocycles. The fourth-order valence-corrected chi connectivity index (χ4v) is 1.69. The summed E-state index contributed by atoms with van der Waals surface area (Å²) in [5.74, 6) is 0. The first-order valence-electron chi connectivity index (χ1n) is 9.00. The molecule has 2 aromatic rings. The summed E-state index contributed by atoms with van der Waals surface area (Å²) in [6.07, 6.45) is 7.82. The van der Waals surface area contributed by atoms with E-state index in [1.807, 2.05) is 45.0 Å². The molecule has 0 nitrogen and oxygen atoms in total. The predicted octanol–water partition coefficient (Wildman–Crippen LogP) is 7.80. The quantitative estimate of drug-likeness (QED) is 0.542. The predicted molar refractivity (Wildman–Crippen MR) is 109 cm³/mol. The highest BCUT2D eigenvalue weighted by Gasteiger charge is 1.84. The Bertz CT molecular complexity index is 440. The lowest BCUT2D eigenvalue weighted by Crippen LogP contribution is -1.78. The van der Waals surface area contributed by atoms with Gasteiger partial charge in [-0.3, -0.25) is 0 Å². The maximum Gasteiger partial charge on any atom is -0.0260 e. The molecular formula is C23H36. The lowest BCUT2D eigenvalue weighted by atomic mass is 10.1. The summed E-state index contributed by atoms with van der Waals surface area (Å²) < 4.78 is 0. The van der Waals surface area contributed by atoms with Crippen LogP contribution in [0.5, 0.6) is 0 Å². The van der Waals surface area contributed by atoms with E-state index in [2.05, 4.69) is 69.3 Å². The van der Waals surface area contributed by atoms with Crippen LogP contribution in [0.15, 0.2) is 66.7 Å². The molecule has 0 heterocycles. The Morgan fingerprint density at radius 1 is 0.739 bits per heavy atom. The van der Waals surface area contributed by atoms with Crippen molar-refractivity contribution in [3.8, 4) is 0 Å². The van der Waals surface area contributed by atoms with Crippen molar-refractivity contribution in [1.82, 2.24) is 0 Å². The Morgan fingerprint density at radius 3 is 1.57 bits per heavy atom. The van der Waals surface area contributed by atoms with Crippen molar-refractivity contribution in [3.05, 3.63) is 77.9 Å². The van der Waals surface area contributed by atoms with Gasteiger partial charge in [0.2, 0.25) is 0 Å². The monoisotopic (exact) mass is 312 g/mol. The maximum atomic E-state index is 2.20. The lowest BCUT2D eigenvalue weighted by molar-refractivity contribution is 0.922. The Kier molecular flexibility index (Phi) is 20.6. The third-order valence-electron chi connectivity index (χ3n) is 2.54. The van der Waals surface area contributed by atoms with Crippen molar-refractivity contribution in [2.45, 2.75) is 60.8 Å². The van der Waals surface area contributed by atoms with Gasteiger partial charge >= 0.3 is 0 Å². The van der Waals surface area contributed by atoms with Crippen molar-refractivity contribution >= 4 is 6.08 Å². The molecule has 0 atom stereocenters. The van der Waals surface area contributed by atoms with E-state index in [0.717, 1.165) is 0 Å². The highest BCUT2D eigenvalue weighted by Crippen LogP contribution is 2.00. The standard InChI is InChI=1S/C9H12.C9H10.C3H8.C2H6/c2*1-2-6-9-7-4-3-5-8-9;1-3-2;1-2/h3-5,7-8H,2,6H2,1H3;2-8H,1H3;3H2,1-2H3;1-2H3/b;6-2+;;. The minimum Gasteiger partial charge on any atom is -0.0871 e. The summed E-state index contributed by atoms with van der Waals surface area (Å²) in [7, 11) is 0. The zero-order valence-electron chi connectivity index (χ0n) is 16.0. The highest BCUT2D eigenvalue weighted by molar-refractivity contribution is 5.47. The molecule has 2 aromatic carbocycles. The molecular weight excluding hydrogens is 276 g/mol. The molecule has 0 aliphatic carbocycles. The van der Waals surface area contributed by atoms with Crippen LogP contribution in [0, 0.1) is 0 Å². The number of aryl methyl sites for hydroxylation is 1. The van der Waals surface area contributed by atoms with Crippen LogP contribution in [0.4, 0.5) is 0 Å². The second-order valence-electron chi connectivity index (χ2n) is 4.85. The van der Waals surface area contributed by atoms with Crippen LogP contribution in [-0.2, 0) is 6.42 Å². The second-order valence-corrected chi connectivity index (χ2v) is 4.85. The van der Waals surface area contributed by atoms with Gasteiger partial charge in [-0.25, -0.2) is 0 Å². The van der Waals surface area contributed by atoms with Crippen LogP contribution < -0.4 is 0 Å². The maximum absolute atomic E-state index is 2.20. The first-order valence-corrected chi connectivity index (χ1v) is 9.00. The highest BCUT2D eigenvalue weighted by atomic mass is 13.9. The van der Waals surface area contributed by atoms with Crippen LogP contribution in [0.3, 0.4) is 0 Å². The van der Waals surface area contributed by atoms with E-state index in [4.69, 9.17) is 0 Å². The van der Waals surface area contributed by atoms with Gasteiger partial charge < -0.3 is 0 Å². The number of benzene rings is 2. The van der Waals surface area contributed by atoms with E-state index in [-0.39, 0.29) is 0 Å². The summed E-state index contributed by atoms with van der Waals surface area (Å²) in [6.45, 7) is 12.5. The summed E-state index contributed by atoms with van der Waals surface area (Å²) in [6, 6.07) is 20.8. The van der Waals surface area contributed by atoms with E-state index in [0.29, 0.717) is 0 Å². The van der Waals surface area contributed by atoms with Gasteiger partial charge in [0.25, 0.3) is 0 Å². The molecule has 0 radical (unpaired) electrons. The molecule has 0 amide bonds. The van der Waals surface area contributed by atoms with Gasteiger partial charge in [-0.1, -0.05) is 120 Å². The van der Waals surface area contributed by atoms with Crippen molar-refractivity contribution < 1.29 is 0 Å². The number of hydrogen-bond donors (Lipinski definition) is 0. The Labute approximate surface area is 145 Å². The Balaban J connectivity index is 0. The molecule has 0 N–H and O–H groups in total. The molecule has 23 heavy (non-hydrogen) atoms. The van der Waals surface area contributed by atoms with Crippen LogP contribution in [-0.4, -0.2) is 0 Å². The van der Waals surface area contributed by atoms with Crippen molar-refractivity contribution in [2.75, 3.05) is 0 Å². The van der Waals surface area contributed by atoms with E-state index in [1.54, 1.807) is 0 Å². The molecule has 0 saturated heterocycles. The average Bonchev–Trinajstić information content (AvgIpc) is 2.61. The van der Waals surface area contributed by atoms with Crippen molar-refractivity contribution in [2.24, 2.45) is 0 Å². The van der Waals surface area contributed by atoms with Gasteiger partial charge in [-0.2, -0.15) is 0 Å². The molecule has 0 heteroatoms. The summed E-state index contributed by atoms with van der Waals surface area (Å²) >= 11 is 0. The topological polar surface area (TPSA) is 0 Å². The van der Waals surface area contributed by atoms with Crippen molar-refractivity contribution in [1.29, 1.82) is 0 Å². The third-order valence-corrected chi connectivity index (χ3v) is 2.54. The second kappa shape index (κ2) is 20.2. The summed E-state index contributed by atoms with van der Waals surface area (Å²) in [5.41, 5.74) is 2.71. The van der Waals surface area contributed by atoms with Crippen LogP contribution >= 0.6 is 0 Å². The molecule has 0 bridgehead atoms. The average molecular weight is 313 g/mol.